The Bertz CT molecular complexity index is 1600. The Balaban J connectivity index is 1.46. The number of carbonyl (C=O) groups excluding carboxylic acids is 6. The smallest absolute Gasteiger partial charge is 0.408 e. The van der Waals surface area contributed by atoms with Crippen molar-refractivity contribution in [1.82, 2.24) is 25.8 Å². The number of halogens is 1. The lowest BCUT2D eigenvalue weighted by Gasteiger charge is -2.37. The van der Waals surface area contributed by atoms with Crippen molar-refractivity contribution in [2.75, 3.05) is 31.5 Å². The van der Waals surface area contributed by atoms with E-state index < -0.39 is 41.5 Å². The molecule has 2 aromatic carbocycles. The van der Waals surface area contributed by atoms with Crippen LogP contribution in [0, 0.1) is 6.92 Å². The van der Waals surface area contributed by atoms with Gasteiger partial charge in [0.15, 0.2) is 0 Å². The lowest BCUT2D eigenvalue weighted by Crippen LogP contribution is -2.56. The summed E-state index contributed by atoms with van der Waals surface area (Å²) in [6, 6.07) is 10.5. The summed E-state index contributed by atoms with van der Waals surface area (Å²) < 4.78 is 5.15. The van der Waals surface area contributed by atoms with Gasteiger partial charge in [-0.1, -0.05) is 35.9 Å². The van der Waals surface area contributed by atoms with Crippen LogP contribution >= 0.6 is 11.6 Å². The number of likely N-dealkylation sites (tertiary alicyclic amines) is 1. The molecule has 2 aliphatic heterocycles. The second kappa shape index (κ2) is 18.0. The molecule has 0 spiro atoms. The van der Waals surface area contributed by atoms with E-state index in [1.54, 1.807) is 50.8 Å². The predicted octanol–water partition coefficient (Wildman–Crippen LogP) is 3.85. The number of alkyl carbamates (subject to hydrolysis) is 1. The topological polar surface area (TPSA) is 166 Å². The molecule has 2 aromatic rings. The van der Waals surface area contributed by atoms with Crippen LogP contribution in [-0.2, 0) is 41.7 Å². The highest BCUT2D eigenvalue weighted by Crippen LogP contribution is 2.25. The maximum Gasteiger partial charge on any atom is 0.408 e. The normalized spacial score (nSPS) is 16.3. The summed E-state index contributed by atoms with van der Waals surface area (Å²) in [5.74, 6) is -1.98. The minimum Gasteiger partial charge on any atom is -0.444 e. The quantitative estimate of drug-likeness (QED) is 0.258. The first-order valence-corrected chi connectivity index (χ1v) is 17.8. The number of carbonyl (C=O) groups is 6. The molecule has 6 amide bonds. The molecule has 0 aromatic heterocycles. The van der Waals surface area contributed by atoms with Gasteiger partial charge >= 0.3 is 6.09 Å². The SMILES string of the molecule is Cc1cc(NC(=O)[C@H](CCNC(=O)CNC(=O)OC(C)(C)C)NC(=O)[C@@H]2Cc3ccccc3CN2C(=O)CCC(=O)N2CCCCC2)ccc1Cl. The molecule has 2 heterocycles. The second-order valence-corrected chi connectivity index (χ2v) is 14.4. The van der Waals surface area contributed by atoms with E-state index in [0.29, 0.717) is 23.8 Å². The molecular formula is C37H49ClN6O7. The van der Waals surface area contributed by atoms with E-state index >= 15 is 0 Å². The maximum atomic E-state index is 14.0. The first kappa shape index (κ1) is 39.1. The summed E-state index contributed by atoms with van der Waals surface area (Å²) >= 11 is 6.17. The van der Waals surface area contributed by atoms with Crippen molar-refractivity contribution >= 4 is 52.9 Å². The number of ether oxygens (including phenoxy) is 1. The molecule has 13 nitrogen and oxygen atoms in total. The van der Waals surface area contributed by atoms with Crippen LogP contribution in [0.15, 0.2) is 42.5 Å². The Morgan fingerprint density at radius 1 is 0.922 bits per heavy atom. The number of nitrogens with one attached hydrogen (secondary N) is 4. The Hall–Kier alpha value is -4.65. The molecule has 0 bridgehead atoms. The van der Waals surface area contributed by atoms with Gasteiger partial charge in [0, 0.05) is 56.2 Å². The number of anilines is 1. The van der Waals surface area contributed by atoms with Crippen LogP contribution in [0.5, 0.6) is 0 Å². The number of hydrogen-bond acceptors (Lipinski definition) is 7. The molecule has 14 heteroatoms. The van der Waals surface area contributed by atoms with E-state index in [0.717, 1.165) is 36.0 Å². The van der Waals surface area contributed by atoms with E-state index in [9.17, 15) is 28.8 Å². The number of rotatable bonds is 12. The number of amides is 6. The largest absolute Gasteiger partial charge is 0.444 e. The Morgan fingerprint density at radius 2 is 1.61 bits per heavy atom. The van der Waals surface area contributed by atoms with Gasteiger partial charge in [0.1, 0.15) is 17.7 Å². The van der Waals surface area contributed by atoms with Gasteiger partial charge in [-0.25, -0.2) is 4.79 Å². The van der Waals surface area contributed by atoms with Gasteiger partial charge in [0.2, 0.25) is 29.5 Å². The summed E-state index contributed by atoms with van der Waals surface area (Å²) in [5.41, 5.74) is 2.30. The van der Waals surface area contributed by atoms with Crippen LogP contribution in [-0.4, -0.2) is 89.3 Å². The average molecular weight is 725 g/mol. The van der Waals surface area contributed by atoms with Crippen LogP contribution < -0.4 is 21.3 Å². The molecule has 0 aliphatic carbocycles. The summed E-state index contributed by atoms with van der Waals surface area (Å²) in [7, 11) is 0. The van der Waals surface area contributed by atoms with Gasteiger partial charge in [0.25, 0.3) is 0 Å². The third-order valence-electron chi connectivity index (χ3n) is 8.74. The third kappa shape index (κ3) is 12.0. The third-order valence-corrected chi connectivity index (χ3v) is 9.16. The zero-order valence-electron chi connectivity index (χ0n) is 29.8. The fraction of sp³-hybridized carbons (Fsp3) is 0.514. The summed E-state index contributed by atoms with van der Waals surface area (Å²) in [4.78, 5) is 81.9. The van der Waals surface area contributed by atoms with Crippen LogP contribution in [0.4, 0.5) is 10.5 Å². The van der Waals surface area contributed by atoms with Gasteiger partial charge in [0.05, 0.1) is 6.54 Å². The van der Waals surface area contributed by atoms with E-state index in [1.165, 1.54) is 4.90 Å². The van der Waals surface area contributed by atoms with Gasteiger partial charge in [-0.15, -0.1) is 0 Å². The van der Waals surface area contributed by atoms with E-state index in [1.807, 2.05) is 24.3 Å². The first-order chi connectivity index (χ1) is 24.2. The highest BCUT2D eigenvalue weighted by molar-refractivity contribution is 6.31. The standard InChI is InChI=1S/C37H49ClN6O7/c1-24-20-27(12-13-28(24)38)41-34(48)29(16-17-39-31(45)22-40-36(50)51-37(2,3)4)42-35(49)30-21-25-10-6-7-11-26(25)23-44(30)33(47)15-14-32(46)43-18-8-5-9-19-43/h6-7,10-13,20,29-30H,5,8-9,14-19,21-23H2,1-4H3,(H,39,45)(H,40,50)(H,41,48)(H,42,49)/t29-,30-/m0/s1. The van der Waals surface area contributed by atoms with Crippen LogP contribution in [0.25, 0.3) is 0 Å². The highest BCUT2D eigenvalue weighted by atomic mass is 35.5. The summed E-state index contributed by atoms with van der Waals surface area (Å²) in [6.07, 6.45) is 2.49. The Labute approximate surface area is 304 Å². The van der Waals surface area contributed by atoms with Crippen molar-refractivity contribution in [2.24, 2.45) is 0 Å². The second-order valence-electron chi connectivity index (χ2n) is 14.0. The van der Waals surface area contributed by atoms with Gasteiger partial charge in [-0.2, -0.15) is 0 Å². The average Bonchev–Trinajstić information content (AvgIpc) is 3.09. The number of hydrogen-bond donors (Lipinski definition) is 4. The monoisotopic (exact) mass is 724 g/mol. The van der Waals surface area contributed by atoms with Crippen molar-refractivity contribution in [3.8, 4) is 0 Å². The molecular weight excluding hydrogens is 676 g/mol. The fourth-order valence-corrected chi connectivity index (χ4v) is 6.17. The molecule has 51 heavy (non-hydrogen) atoms. The molecule has 0 saturated carbocycles. The molecule has 4 N–H and O–H groups in total. The summed E-state index contributed by atoms with van der Waals surface area (Å²) in [5, 5.41) is 11.2. The van der Waals surface area contributed by atoms with Crippen molar-refractivity contribution < 1.29 is 33.5 Å². The minimum absolute atomic E-state index is 0.00388. The molecule has 2 atom stereocenters. The number of fused-ring (bicyclic) bond motifs is 1. The van der Waals surface area contributed by atoms with Crippen molar-refractivity contribution in [3.63, 3.8) is 0 Å². The number of nitrogens with zero attached hydrogens (tertiary/aromatic N) is 2. The van der Waals surface area contributed by atoms with Crippen molar-refractivity contribution in [1.29, 1.82) is 0 Å². The fourth-order valence-electron chi connectivity index (χ4n) is 6.05. The molecule has 1 fully saturated rings. The van der Waals surface area contributed by atoms with Crippen molar-refractivity contribution in [3.05, 3.63) is 64.2 Å². The van der Waals surface area contributed by atoms with E-state index in [-0.39, 0.29) is 57.1 Å². The van der Waals surface area contributed by atoms with Crippen LogP contribution in [0.2, 0.25) is 5.02 Å². The minimum atomic E-state index is -1.11. The molecule has 2 aliphatic rings. The summed E-state index contributed by atoms with van der Waals surface area (Å²) in [6.45, 7) is 8.12. The van der Waals surface area contributed by atoms with Crippen molar-refractivity contribution in [2.45, 2.75) is 96.9 Å². The number of benzene rings is 2. The van der Waals surface area contributed by atoms with Gasteiger partial charge in [-0.05, 0) is 88.3 Å². The van der Waals surface area contributed by atoms with Crippen LogP contribution in [0.3, 0.4) is 0 Å². The first-order valence-electron chi connectivity index (χ1n) is 17.4. The number of aryl methyl sites for hydroxylation is 1. The highest BCUT2D eigenvalue weighted by Gasteiger charge is 2.36. The van der Waals surface area contributed by atoms with Gasteiger partial charge < -0.3 is 35.8 Å². The zero-order valence-corrected chi connectivity index (χ0v) is 30.6. The molecule has 1 saturated heterocycles. The predicted molar refractivity (Wildman–Crippen MR) is 193 cm³/mol. The maximum absolute atomic E-state index is 14.0. The van der Waals surface area contributed by atoms with E-state index in [2.05, 4.69) is 21.3 Å². The van der Waals surface area contributed by atoms with Crippen LogP contribution in [0.1, 0.15) is 76.0 Å². The Morgan fingerprint density at radius 3 is 2.29 bits per heavy atom. The molecule has 4 rings (SSSR count). The van der Waals surface area contributed by atoms with E-state index in [4.69, 9.17) is 16.3 Å². The lowest BCUT2D eigenvalue weighted by molar-refractivity contribution is -0.144. The molecule has 0 radical (unpaired) electrons. The zero-order chi connectivity index (χ0) is 37.1. The van der Waals surface area contributed by atoms with Gasteiger partial charge in [-0.3, -0.25) is 24.0 Å². The molecule has 0 unspecified atom stereocenters. The Kier molecular flexibility index (Phi) is 13.8. The lowest BCUT2D eigenvalue weighted by atomic mass is 9.92. The molecule has 276 valence electrons. The number of piperidine rings is 1.